The lowest BCUT2D eigenvalue weighted by Gasteiger charge is -2.20. The third-order valence-electron chi connectivity index (χ3n) is 4.88. The summed E-state index contributed by atoms with van der Waals surface area (Å²) in [5, 5.41) is 5.05. The molecular formula is C20H27N3O3S2. The molecule has 1 aliphatic heterocycles. The first kappa shape index (κ1) is 20.8. The van der Waals surface area contributed by atoms with Gasteiger partial charge in [0, 0.05) is 30.7 Å². The van der Waals surface area contributed by atoms with Crippen LogP contribution in [0.15, 0.2) is 46.7 Å². The van der Waals surface area contributed by atoms with Gasteiger partial charge in [-0.1, -0.05) is 25.0 Å². The number of sulfonamides is 1. The Kier molecular flexibility index (Phi) is 7.09. The maximum absolute atomic E-state index is 12.9. The van der Waals surface area contributed by atoms with Crippen LogP contribution >= 0.6 is 11.3 Å². The van der Waals surface area contributed by atoms with E-state index in [1.54, 1.807) is 51.9 Å². The van der Waals surface area contributed by atoms with Crippen LogP contribution in [0.1, 0.15) is 30.6 Å². The largest absolute Gasteiger partial charge is 0.376 e. The number of benzene rings is 1. The van der Waals surface area contributed by atoms with Gasteiger partial charge in [-0.3, -0.25) is 4.79 Å². The van der Waals surface area contributed by atoms with Gasteiger partial charge in [-0.15, -0.1) is 11.3 Å². The molecule has 8 heteroatoms. The number of likely N-dealkylation sites (N-methyl/N-ethyl adjacent to an activating group) is 1. The minimum atomic E-state index is -3.50. The van der Waals surface area contributed by atoms with Crippen LogP contribution in [0, 0.1) is 0 Å². The van der Waals surface area contributed by atoms with Crippen molar-refractivity contribution in [2.45, 2.75) is 37.1 Å². The lowest BCUT2D eigenvalue weighted by molar-refractivity contribution is -0.128. The van der Waals surface area contributed by atoms with Crippen molar-refractivity contribution in [3.05, 3.63) is 46.7 Å². The quantitative estimate of drug-likeness (QED) is 0.744. The first-order valence-corrected chi connectivity index (χ1v) is 11.9. The Hall–Kier alpha value is -1.90. The summed E-state index contributed by atoms with van der Waals surface area (Å²) < 4.78 is 27.5. The van der Waals surface area contributed by atoms with Crippen LogP contribution in [0.2, 0.25) is 0 Å². The predicted molar refractivity (Wildman–Crippen MR) is 113 cm³/mol. The molecular weight excluding hydrogens is 394 g/mol. The molecule has 28 heavy (non-hydrogen) atoms. The molecule has 1 N–H and O–H groups in total. The second kappa shape index (κ2) is 9.54. The van der Waals surface area contributed by atoms with Crippen LogP contribution in [0.4, 0.5) is 5.69 Å². The number of rotatable bonds is 7. The fourth-order valence-electron chi connectivity index (χ4n) is 3.23. The number of carbonyl (C=O) groups is 1. The third kappa shape index (κ3) is 5.33. The van der Waals surface area contributed by atoms with Gasteiger partial charge in [0.15, 0.2) is 0 Å². The van der Waals surface area contributed by atoms with Gasteiger partial charge >= 0.3 is 0 Å². The maximum atomic E-state index is 12.9. The fraction of sp³-hybridized carbons (Fsp3) is 0.450. The Morgan fingerprint density at radius 3 is 2.57 bits per heavy atom. The Balaban J connectivity index is 1.62. The molecule has 1 aliphatic rings. The van der Waals surface area contributed by atoms with E-state index in [9.17, 15) is 13.2 Å². The number of hydrogen-bond donors (Lipinski definition) is 1. The molecule has 1 aromatic carbocycles. The van der Waals surface area contributed by atoms with Crippen LogP contribution in [0.5, 0.6) is 0 Å². The first-order chi connectivity index (χ1) is 13.5. The van der Waals surface area contributed by atoms with Crippen molar-refractivity contribution in [1.29, 1.82) is 0 Å². The molecule has 152 valence electrons. The maximum Gasteiger partial charge on any atom is 0.243 e. The van der Waals surface area contributed by atoms with Crippen molar-refractivity contribution in [2.24, 2.45) is 0 Å². The summed E-state index contributed by atoms with van der Waals surface area (Å²) in [6, 6.07) is 10.7. The Labute approximate surface area is 171 Å². The first-order valence-electron chi connectivity index (χ1n) is 9.57. The van der Waals surface area contributed by atoms with E-state index in [4.69, 9.17) is 0 Å². The second-order valence-corrected chi connectivity index (χ2v) is 10.00. The molecule has 2 heterocycles. The molecule has 1 amide bonds. The van der Waals surface area contributed by atoms with Gasteiger partial charge in [0.1, 0.15) is 0 Å². The molecule has 0 saturated carbocycles. The van der Waals surface area contributed by atoms with Gasteiger partial charge in [0.05, 0.1) is 18.0 Å². The van der Waals surface area contributed by atoms with Crippen molar-refractivity contribution in [3.8, 4) is 0 Å². The summed E-state index contributed by atoms with van der Waals surface area (Å²) in [6.07, 6.45) is 3.97. The van der Waals surface area contributed by atoms with Crippen molar-refractivity contribution < 1.29 is 13.2 Å². The van der Waals surface area contributed by atoms with Crippen LogP contribution < -0.4 is 5.32 Å². The van der Waals surface area contributed by atoms with Crippen molar-refractivity contribution >= 4 is 33.0 Å². The zero-order chi connectivity index (χ0) is 20.0. The molecule has 1 saturated heterocycles. The third-order valence-corrected chi connectivity index (χ3v) is 7.64. The predicted octanol–water partition coefficient (Wildman–Crippen LogP) is 3.38. The van der Waals surface area contributed by atoms with E-state index in [1.807, 2.05) is 17.5 Å². The summed E-state index contributed by atoms with van der Waals surface area (Å²) in [6.45, 7) is 1.84. The molecule has 3 rings (SSSR count). The number of amides is 1. The fourth-order valence-corrected chi connectivity index (χ4v) is 5.56. The SMILES string of the molecule is CN(Cc1cccs1)C(=O)CNc1cccc(S(=O)(=O)N2CCCCCC2)c1. The molecule has 2 aromatic rings. The molecule has 1 fully saturated rings. The number of nitrogens with one attached hydrogen (secondary N) is 1. The summed E-state index contributed by atoms with van der Waals surface area (Å²) in [7, 11) is -1.73. The van der Waals surface area contributed by atoms with Gasteiger partial charge in [-0.05, 0) is 42.5 Å². The highest BCUT2D eigenvalue weighted by atomic mass is 32.2. The minimum Gasteiger partial charge on any atom is -0.376 e. The van der Waals surface area contributed by atoms with E-state index in [-0.39, 0.29) is 17.3 Å². The highest BCUT2D eigenvalue weighted by molar-refractivity contribution is 7.89. The molecule has 0 spiro atoms. The van der Waals surface area contributed by atoms with Gasteiger partial charge < -0.3 is 10.2 Å². The average Bonchev–Trinajstić information content (AvgIpc) is 3.04. The number of carbonyl (C=O) groups excluding carboxylic acids is 1. The number of nitrogens with zero attached hydrogens (tertiary/aromatic N) is 2. The highest BCUT2D eigenvalue weighted by Crippen LogP contribution is 2.22. The molecule has 1 aromatic heterocycles. The average molecular weight is 422 g/mol. The molecule has 0 aliphatic carbocycles. The zero-order valence-corrected chi connectivity index (χ0v) is 17.8. The van der Waals surface area contributed by atoms with E-state index in [2.05, 4.69) is 5.32 Å². The van der Waals surface area contributed by atoms with Crippen LogP contribution in [-0.2, 0) is 21.4 Å². The smallest absolute Gasteiger partial charge is 0.243 e. The number of anilines is 1. The van der Waals surface area contributed by atoms with Crippen LogP contribution in [0.25, 0.3) is 0 Å². The van der Waals surface area contributed by atoms with Gasteiger partial charge in [0.25, 0.3) is 0 Å². The Bertz CT molecular complexity index is 874. The van der Waals surface area contributed by atoms with Crippen molar-refractivity contribution in [1.82, 2.24) is 9.21 Å². The van der Waals surface area contributed by atoms with E-state index >= 15 is 0 Å². The summed E-state index contributed by atoms with van der Waals surface area (Å²) in [5.41, 5.74) is 0.633. The molecule has 6 nitrogen and oxygen atoms in total. The monoisotopic (exact) mass is 421 g/mol. The molecule has 0 atom stereocenters. The second-order valence-electron chi connectivity index (χ2n) is 7.03. The normalized spacial score (nSPS) is 15.8. The number of hydrogen-bond acceptors (Lipinski definition) is 5. The van der Waals surface area contributed by atoms with Crippen LogP contribution in [-0.4, -0.2) is 50.2 Å². The number of thiophene rings is 1. The minimum absolute atomic E-state index is 0.0471. The highest BCUT2D eigenvalue weighted by Gasteiger charge is 2.25. The standard InChI is InChI=1S/C20H27N3O3S2/c1-22(16-18-9-7-13-27-18)20(24)15-21-17-8-6-10-19(14-17)28(25,26)23-11-4-2-3-5-12-23/h6-10,13-14,21H,2-5,11-12,15-16H2,1H3. The molecule has 0 unspecified atom stereocenters. The van der Waals surface area contributed by atoms with Gasteiger partial charge in [-0.25, -0.2) is 8.42 Å². The molecule has 0 radical (unpaired) electrons. The molecule has 0 bridgehead atoms. The Morgan fingerprint density at radius 2 is 1.89 bits per heavy atom. The Morgan fingerprint density at radius 1 is 1.14 bits per heavy atom. The lowest BCUT2D eigenvalue weighted by Crippen LogP contribution is -2.32. The van der Waals surface area contributed by atoms with E-state index in [1.165, 1.54) is 0 Å². The van der Waals surface area contributed by atoms with E-state index in [0.717, 1.165) is 30.6 Å². The van der Waals surface area contributed by atoms with Gasteiger partial charge in [-0.2, -0.15) is 4.31 Å². The van der Waals surface area contributed by atoms with Crippen molar-refractivity contribution in [2.75, 3.05) is 32.0 Å². The lowest BCUT2D eigenvalue weighted by atomic mass is 10.2. The zero-order valence-electron chi connectivity index (χ0n) is 16.1. The summed E-state index contributed by atoms with van der Waals surface area (Å²) in [4.78, 5) is 15.4. The summed E-state index contributed by atoms with van der Waals surface area (Å²) >= 11 is 1.62. The topological polar surface area (TPSA) is 69.7 Å². The van der Waals surface area contributed by atoms with E-state index < -0.39 is 10.0 Å². The summed E-state index contributed by atoms with van der Waals surface area (Å²) in [5.74, 6) is -0.0471. The van der Waals surface area contributed by atoms with Gasteiger partial charge in [0.2, 0.25) is 15.9 Å². The van der Waals surface area contributed by atoms with E-state index in [0.29, 0.717) is 25.3 Å². The van der Waals surface area contributed by atoms with Crippen molar-refractivity contribution in [3.63, 3.8) is 0 Å². The van der Waals surface area contributed by atoms with Crippen LogP contribution in [0.3, 0.4) is 0 Å².